The molecule has 2 aromatic carbocycles. The maximum absolute atomic E-state index is 12.6. The molecule has 0 aliphatic heterocycles. The number of aryl methyl sites for hydroxylation is 1. The van der Waals surface area contributed by atoms with E-state index in [1.807, 2.05) is 30.3 Å². The van der Waals surface area contributed by atoms with Gasteiger partial charge in [-0.25, -0.2) is 9.48 Å². The molecule has 1 aromatic heterocycles. The van der Waals surface area contributed by atoms with Gasteiger partial charge in [-0.2, -0.15) is 10.4 Å². The zero-order valence-corrected chi connectivity index (χ0v) is 15.4. The second-order valence-electron chi connectivity index (χ2n) is 6.04. The zero-order chi connectivity index (χ0) is 19.9. The molecule has 0 fully saturated rings. The van der Waals surface area contributed by atoms with Crippen LogP contribution >= 0.6 is 0 Å². The number of aliphatic hydroxyl groups excluding tert-OH is 1. The number of benzene rings is 2. The van der Waals surface area contributed by atoms with Crippen LogP contribution in [0.5, 0.6) is 0 Å². The third kappa shape index (κ3) is 4.03. The molecule has 0 radical (unpaired) electrons. The van der Waals surface area contributed by atoms with E-state index in [2.05, 4.69) is 16.5 Å². The van der Waals surface area contributed by atoms with E-state index in [4.69, 9.17) is 9.84 Å². The average Bonchev–Trinajstić information content (AvgIpc) is 3.06. The number of carbonyl (C=O) groups excluding carboxylic acids is 1. The van der Waals surface area contributed by atoms with Gasteiger partial charge in [0.25, 0.3) is 0 Å². The number of hydrogen-bond donors (Lipinski definition) is 2. The Labute approximate surface area is 162 Å². The Hall–Kier alpha value is -3.63. The Morgan fingerprint density at radius 1 is 1.21 bits per heavy atom. The number of carbonyl (C=O) groups is 1. The van der Waals surface area contributed by atoms with Crippen molar-refractivity contribution in [1.82, 2.24) is 9.78 Å². The summed E-state index contributed by atoms with van der Waals surface area (Å²) in [6.45, 7) is 1.93. The van der Waals surface area contributed by atoms with Crippen LogP contribution in [-0.2, 0) is 11.3 Å². The van der Waals surface area contributed by atoms with Gasteiger partial charge >= 0.3 is 5.97 Å². The number of aromatic nitrogens is 2. The van der Waals surface area contributed by atoms with Gasteiger partial charge in [0.2, 0.25) is 0 Å². The number of nitrogens with zero attached hydrogens (tertiary/aromatic N) is 3. The summed E-state index contributed by atoms with van der Waals surface area (Å²) in [5.41, 5.74) is 3.20. The quantitative estimate of drug-likeness (QED) is 0.615. The van der Waals surface area contributed by atoms with Crippen LogP contribution in [0.4, 0.5) is 5.69 Å². The lowest BCUT2D eigenvalue weighted by Gasteiger charge is -2.12. The van der Waals surface area contributed by atoms with Crippen molar-refractivity contribution in [3.05, 3.63) is 77.1 Å². The number of nitriles is 1. The normalized spacial score (nSPS) is 10.3. The predicted molar refractivity (Wildman–Crippen MR) is 104 cm³/mol. The van der Waals surface area contributed by atoms with Crippen molar-refractivity contribution in [1.29, 1.82) is 5.26 Å². The van der Waals surface area contributed by atoms with Crippen LogP contribution in [0.15, 0.2) is 54.6 Å². The molecule has 7 heteroatoms. The maximum Gasteiger partial charge on any atom is 0.340 e. The molecule has 0 unspecified atom stereocenters. The average molecular weight is 376 g/mol. The number of esters is 1. The van der Waals surface area contributed by atoms with Crippen molar-refractivity contribution in [3.63, 3.8) is 0 Å². The molecule has 142 valence electrons. The van der Waals surface area contributed by atoms with Gasteiger partial charge in [0.15, 0.2) is 0 Å². The number of aliphatic hydroxyl groups is 1. The standard InChI is InChI=1S/C21H20N4O3/c1-15-18(13-22)20(25(24-15)16-7-3-2-4-8-16)14-28-21(27)17-9-5-6-10-19(17)23-11-12-26/h2-10,23,26H,11-12,14H2,1H3. The molecule has 0 aliphatic rings. The van der Waals surface area contributed by atoms with Crippen LogP contribution in [0.3, 0.4) is 0 Å². The summed E-state index contributed by atoms with van der Waals surface area (Å²) < 4.78 is 7.12. The van der Waals surface area contributed by atoms with Crippen molar-refractivity contribution in [2.24, 2.45) is 0 Å². The van der Waals surface area contributed by atoms with Gasteiger partial charge in [-0.15, -0.1) is 0 Å². The SMILES string of the molecule is Cc1nn(-c2ccccc2)c(COC(=O)c2ccccc2NCCO)c1C#N. The van der Waals surface area contributed by atoms with Gasteiger partial charge in [0, 0.05) is 12.2 Å². The highest BCUT2D eigenvalue weighted by molar-refractivity contribution is 5.95. The number of anilines is 1. The first-order valence-corrected chi connectivity index (χ1v) is 8.80. The molecule has 3 aromatic rings. The van der Waals surface area contributed by atoms with E-state index in [0.717, 1.165) is 5.69 Å². The Kier molecular flexibility index (Phi) is 6.04. The topological polar surface area (TPSA) is 100 Å². The van der Waals surface area contributed by atoms with E-state index in [1.54, 1.807) is 35.9 Å². The fourth-order valence-corrected chi connectivity index (χ4v) is 2.85. The van der Waals surface area contributed by atoms with Crippen molar-refractivity contribution in [2.45, 2.75) is 13.5 Å². The van der Waals surface area contributed by atoms with E-state index in [1.165, 1.54) is 0 Å². The van der Waals surface area contributed by atoms with Gasteiger partial charge in [0.1, 0.15) is 18.2 Å². The minimum atomic E-state index is -0.525. The number of nitrogens with one attached hydrogen (secondary N) is 1. The maximum atomic E-state index is 12.6. The highest BCUT2D eigenvalue weighted by Gasteiger charge is 2.19. The van der Waals surface area contributed by atoms with Gasteiger partial charge in [-0.1, -0.05) is 30.3 Å². The third-order valence-electron chi connectivity index (χ3n) is 4.18. The number of ether oxygens (including phenoxy) is 1. The number of para-hydroxylation sites is 2. The predicted octanol–water partition coefficient (Wildman–Crippen LogP) is 2.81. The van der Waals surface area contributed by atoms with Gasteiger partial charge < -0.3 is 15.2 Å². The molecule has 1 heterocycles. The number of hydrogen-bond acceptors (Lipinski definition) is 6. The molecule has 0 spiro atoms. The minimum absolute atomic E-state index is 0.0511. The second-order valence-corrected chi connectivity index (χ2v) is 6.04. The molecule has 0 saturated carbocycles. The largest absolute Gasteiger partial charge is 0.455 e. The number of rotatable bonds is 7. The van der Waals surface area contributed by atoms with Gasteiger partial charge in [-0.3, -0.25) is 0 Å². The minimum Gasteiger partial charge on any atom is -0.455 e. The fraction of sp³-hybridized carbons (Fsp3) is 0.190. The molecule has 0 aliphatic carbocycles. The Balaban J connectivity index is 1.86. The first-order valence-electron chi connectivity index (χ1n) is 8.80. The molecule has 0 atom stereocenters. The Morgan fingerprint density at radius 2 is 1.93 bits per heavy atom. The summed E-state index contributed by atoms with van der Waals surface area (Å²) in [7, 11) is 0. The molecule has 0 bridgehead atoms. The lowest BCUT2D eigenvalue weighted by atomic mass is 10.1. The zero-order valence-electron chi connectivity index (χ0n) is 15.4. The van der Waals surface area contributed by atoms with E-state index in [-0.39, 0.29) is 13.2 Å². The van der Waals surface area contributed by atoms with E-state index < -0.39 is 5.97 Å². The Bertz CT molecular complexity index is 1010. The van der Waals surface area contributed by atoms with Crippen LogP contribution in [0.1, 0.15) is 27.3 Å². The van der Waals surface area contributed by atoms with E-state index in [9.17, 15) is 10.1 Å². The van der Waals surface area contributed by atoms with Gasteiger partial charge in [0.05, 0.1) is 29.2 Å². The van der Waals surface area contributed by atoms with Crippen LogP contribution in [0.2, 0.25) is 0 Å². The molecular weight excluding hydrogens is 356 g/mol. The Morgan fingerprint density at radius 3 is 2.64 bits per heavy atom. The summed E-state index contributed by atoms with van der Waals surface area (Å²) in [6.07, 6.45) is 0. The molecule has 3 rings (SSSR count). The van der Waals surface area contributed by atoms with Crippen molar-refractivity contribution >= 4 is 11.7 Å². The molecule has 0 amide bonds. The van der Waals surface area contributed by atoms with E-state index >= 15 is 0 Å². The van der Waals surface area contributed by atoms with E-state index in [0.29, 0.717) is 34.7 Å². The first kappa shape index (κ1) is 19.1. The summed E-state index contributed by atoms with van der Waals surface area (Å²) >= 11 is 0. The van der Waals surface area contributed by atoms with Crippen LogP contribution in [0, 0.1) is 18.3 Å². The van der Waals surface area contributed by atoms with Crippen molar-refractivity contribution in [3.8, 4) is 11.8 Å². The lowest BCUT2D eigenvalue weighted by Crippen LogP contribution is -2.13. The summed E-state index contributed by atoms with van der Waals surface area (Å²) in [5.74, 6) is -0.525. The van der Waals surface area contributed by atoms with Crippen LogP contribution in [-0.4, -0.2) is 34.0 Å². The van der Waals surface area contributed by atoms with Crippen LogP contribution < -0.4 is 5.32 Å². The fourth-order valence-electron chi connectivity index (χ4n) is 2.85. The lowest BCUT2D eigenvalue weighted by molar-refractivity contribution is 0.0466. The molecule has 2 N–H and O–H groups in total. The highest BCUT2D eigenvalue weighted by atomic mass is 16.5. The summed E-state index contributed by atoms with van der Waals surface area (Å²) in [5, 5.41) is 25.9. The molecule has 7 nitrogen and oxygen atoms in total. The van der Waals surface area contributed by atoms with Gasteiger partial charge in [-0.05, 0) is 31.2 Å². The second kappa shape index (κ2) is 8.84. The van der Waals surface area contributed by atoms with Crippen molar-refractivity contribution in [2.75, 3.05) is 18.5 Å². The monoisotopic (exact) mass is 376 g/mol. The van der Waals surface area contributed by atoms with Crippen LogP contribution in [0.25, 0.3) is 5.69 Å². The summed E-state index contributed by atoms with van der Waals surface area (Å²) in [6, 6.07) is 18.4. The first-order chi connectivity index (χ1) is 13.7. The molecular formula is C21H20N4O3. The molecule has 28 heavy (non-hydrogen) atoms. The van der Waals surface area contributed by atoms with Crippen molar-refractivity contribution < 1.29 is 14.6 Å². The highest BCUT2D eigenvalue weighted by Crippen LogP contribution is 2.21. The smallest absolute Gasteiger partial charge is 0.340 e. The third-order valence-corrected chi connectivity index (χ3v) is 4.18. The summed E-state index contributed by atoms with van der Waals surface area (Å²) in [4.78, 5) is 12.6. The molecule has 0 saturated heterocycles.